The van der Waals surface area contributed by atoms with Crippen LogP contribution in [-0.4, -0.2) is 57.4 Å². The van der Waals surface area contributed by atoms with E-state index >= 15 is 0 Å². The minimum absolute atomic E-state index is 0.0242. The fourth-order valence-electron chi connectivity index (χ4n) is 4.61. The van der Waals surface area contributed by atoms with E-state index < -0.39 is 12.0 Å². The SMILES string of the molecule is CCc1ccc(CN2CCC3(CC2)CC(C(=O)O)N(C(=O)C2CC2)C3)nc1. The van der Waals surface area contributed by atoms with Gasteiger partial charge in [-0.2, -0.15) is 0 Å². The Bertz CT molecular complexity index is 706. The lowest BCUT2D eigenvalue weighted by Crippen LogP contribution is -2.43. The molecule has 1 aromatic rings. The monoisotopic (exact) mass is 371 g/mol. The van der Waals surface area contributed by atoms with Gasteiger partial charge >= 0.3 is 5.97 Å². The van der Waals surface area contributed by atoms with Crippen molar-refractivity contribution in [2.24, 2.45) is 11.3 Å². The molecular weight excluding hydrogens is 342 g/mol. The zero-order chi connectivity index (χ0) is 19.0. The van der Waals surface area contributed by atoms with Crippen LogP contribution in [0.2, 0.25) is 0 Å². The number of hydrogen-bond acceptors (Lipinski definition) is 4. The average Bonchev–Trinajstić information content (AvgIpc) is 3.46. The fourth-order valence-corrected chi connectivity index (χ4v) is 4.61. The van der Waals surface area contributed by atoms with E-state index in [1.54, 1.807) is 4.90 Å². The number of pyridine rings is 1. The van der Waals surface area contributed by atoms with Crippen molar-refractivity contribution >= 4 is 11.9 Å². The third-order valence-corrected chi connectivity index (χ3v) is 6.60. The molecule has 1 spiro atoms. The molecule has 1 amide bonds. The van der Waals surface area contributed by atoms with Gasteiger partial charge in [0.2, 0.25) is 5.91 Å². The van der Waals surface area contributed by atoms with E-state index in [9.17, 15) is 14.7 Å². The van der Waals surface area contributed by atoms with Crippen LogP contribution in [0.25, 0.3) is 0 Å². The van der Waals surface area contributed by atoms with Crippen LogP contribution in [0, 0.1) is 11.3 Å². The Morgan fingerprint density at radius 3 is 2.56 bits per heavy atom. The summed E-state index contributed by atoms with van der Waals surface area (Å²) in [7, 11) is 0. The third-order valence-electron chi connectivity index (χ3n) is 6.60. The average molecular weight is 371 g/mol. The number of aromatic nitrogens is 1. The van der Waals surface area contributed by atoms with Crippen molar-refractivity contribution in [3.63, 3.8) is 0 Å². The third kappa shape index (κ3) is 3.86. The van der Waals surface area contributed by atoms with Gasteiger partial charge in [0.05, 0.1) is 5.69 Å². The maximum atomic E-state index is 12.6. The lowest BCUT2D eigenvalue weighted by Gasteiger charge is -2.39. The highest BCUT2D eigenvalue weighted by Gasteiger charge is 2.51. The van der Waals surface area contributed by atoms with Gasteiger partial charge in [-0.05, 0) is 68.7 Å². The summed E-state index contributed by atoms with van der Waals surface area (Å²) >= 11 is 0. The highest BCUT2D eigenvalue weighted by Crippen LogP contribution is 2.45. The summed E-state index contributed by atoms with van der Waals surface area (Å²) in [5.74, 6) is -0.690. The normalized spacial score (nSPS) is 25.1. The van der Waals surface area contributed by atoms with Crippen LogP contribution in [-0.2, 0) is 22.6 Å². The first-order valence-corrected chi connectivity index (χ1v) is 10.2. The Morgan fingerprint density at radius 1 is 1.26 bits per heavy atom. The molecule has 6 nitrogen and oxygen atoms in total. The van der Waals surface area contributed by atoms with Crippen molar-refractivity contribution in [3.8, 4) is 0 Å². The largest absolute Gasteiger partial charge is 0.480 e. The standard InChI is InChI=1S/C21H29N3O3/c1-2-15-3-6-17(22-12-15)13-23-9-7-21(8-10-23)11-18(20(26)27)24(14-21)19(25)16-4-5-16/h3,6,12,16,18H,2,4-5,7-11,13-14H2,1H3,(H,26,27). The summed E-state index contributed by atoms with van der Waals surface area (Å²) in [6.07, 6.45) is 7.32. The van der Waals surface area contributed by atoms with Gasteiger partial charge in [-0.1, -0.05) is 13.0 Å². The van der Waals surface area contributed by atoms with E-state index in [1.165, 1.54) is 5.56 Å². The predicted molar refractivity (Wildman–Crippen MR) is 101 cm³/mol. The second-order valence-electron chi connectivity index (χ2n) is 8.59. The molecule has 1 N–H and O–H groups in total. The van der Waals surface area contributed by atoms with E-state index in [0.717, 1.165) is 57.4 Å². The van der Waals surface area contributed by atoms with Crippen LogP contribution in [0.3, 0.4) is 0 Å². The molecule has 1 aliphatic carbocycles. The Balaban J connectivity index is 1.37. The van der Waals surface area contributed by atoms with Crippen LogP contribution in [0.15, 0.2) is 18.3 Å². The summed E-state index contributed by atoms with van der Waals surface area (Å²) in [5.41, 5.74) is 2.31. The number of aliphatic carboxylic acids is 1. The Morgan fingerprint density at radius 2 is 2.00 bits per heavy atom. The number of likely N-dealkylation sites (tertiary alicyclic amines) is 2. The molecule has 2 aliphatic heterocycles. The van der Waals surface area contributed by atoms with E-state index in [0.29, 0.717) is 13.0 Å². The first-order chi connectivity index (χ1) is 13.0. The lowest BCUT2D eigenvalue weighted by molar-refractivity contribution is -0.148. The number of carboxylic acid groups (broad SMARTS) is 1. The van der Waals surface area contributed by atoms with Gasteiger partial charge in [-0.15, -0.1) is 0 Å². The van der Waals surface area contributed by atoms with Crippen molar-refractivity contribution in [1.82, 2.24) is 14.8 Å². The molecule has 0 bridgehead atoms. The Kier molecular flexibility index (Phi) is 4.93. The van der Waals surface area contributed by atoms with Crippen molar-refractivity contribution in [2.45, 2.75) is 58.0 Å². The number of aryl methyl sites for hydroxylation is 1. The summed E-state index contributed by atoms with van der Waals surface area (Å²) in [4.78, 5) is 32.9. The number of rotatable bonds is 5. The molecule has 6 heteroatoms. The quantitative estimate of drug-likeness (QED) is 0.860. The molecule has 3 fully saturated rings. The second-order valence-corrected chi connectivity index (χ2v) is 8.59. The number of nitrogens with zero attached hydrogens (tertiary/aromatic N) is 3. The van der Waals surface area contributed by atoms with Crippen LogP contribution in [0.5, 0.6) is 0 Å². The molecule has 1 saturated carbocycles. The number of hydrogen-bond donors (Lipinski definition) is 1. The first kappa shape index (κ1) is 18.4. The first-order valence-electron chi connectivity index (χ1n) is 10.2. The topological polar surface area (TPSA) is 73.7 Å². The second kappa shape index (κ2) is 7.23. The van der Waals surface area contributed by atoms with Crippen LogP contribution in [0.4, 0.5) is 0 Å². The molecular formula is C21H29N3O3. The highest BCUT2D eigenvalue weighted by molar-refractivity contribution is 5.87. The molecule has 1 atom stereocenters. The van der Waals surface area contributed by atoms with Gasteiger partial charge in [0.1, 0.15) is 6.04 Å². The van der Waals surface area contributed by atoms with Crippen molar-refractivity contribution in [2.75, 3.05) is 19.6 Å². The molecule has 27 heavy (non-hydrogen) atoms. The van der Waals surface area contributed by atoms with Crippen LogP contribution < -0.4 is 0 Å². The van der Waals surface area contributed by atoms with Crippen molar-refractivity contribution in [1.29, 1.82) is 0 Å². The molecule has 146 valence electrons. The predicted octanol–water partition coefficient (Wildman–Crippen LogP) is 2.32. The highest BCUT2D eigenvalue weighted by atomic mass is 16.4. The van der Waals surface area contributed by atoms with Crippen LogP contribution in [0.1, 0.15) is 50.3 Å². The summed E-state index contributed by atoms with van der Waals surface area (Å²) in [6, 6.07) is 3.62. The van der Waals surface area contributed by atoms with E-state index in [-0.39, 0.29) is 17.2 Å². The smallest absolute Gasteiger partial charge is 0.326 e. The maximum Gasteiger partial charge on any atom is 0.326 e. The molecule has 1 aromatic heterocycles. The lowest BCUT2D eigenvalue weighted by atomic mass is 9.76. The summed E-state index contributed by atoms with van der Waals surface area (Å²) in [6.45, 7) is 5.47. The van der Waals surface area contributed by atoms with Gasteiger partial charge in [-0.25, -0.2) is 4.79 Å². The zero-order valence-corrected chi connectivity index (χ0v) is 16.1. The molecule has 0 aromatic carbocycles. The summed E-state index contributed by atoms with van der Waals surface area (Å²) in [5, 5.41) is 9.63. The van der Waals surface area contributed by atoms with Gasteiger partial charge < -0.3 is 10.0 Å². The van der Waals surface area contributed by atoms with E-state index in [2.05, 4.69) is 28.9 Å². The van der Waals surface area contributed by atoms with Crippen molar-refractivity contribution < 1.29 is 14.7 Å². The molecule has 0 radical (unpaired) electrons. The molecule has 1 unspecified atom stereocenters. The number of carbonyl (C=O) groups is 2. The molecule has 4 rings (SSSR count). The van der Waals surface area contributed by atoms with Crippen molar-refractivity contribution in [3.05, 3.63) is 29.6 Å². The Labute approximate surface area is 160 Å². The number of carboxylic acids is 1. The van der Waals surface area contributed by atoms with Crippen LogP contribution >= 0.6 is 0 Å². The van der Waals surface area contributed by atoms with Gasteiger partial charge in [-0.3, -0.25) is 14.7 Å². The Hall–Kier alpha value is -1.95. The molecule has 3 heterocycles. The molecule has 2 saturated heterocycles. The number of amides is 1. The minimum atomic E-state index is -0.844. The fraction of sp³-hybridized carbons (Fsp3) is 0.667. The van der Waals surface area contributed by atoms with E-state index in [1.807, 2.05) is 6.20 Å². The van der Waals surface area contributed by atoms with E-state index in [4.69, 9.17) is 0 Å². The molecule has 3 aliphatic rings. The van der Waals surface area contributed by atoms with Gasteiger partial charge in [0.15, 0.2) is 0 Å². The van der Waals surface area contributed by atoms with Gasteiger partial charge in [0, 0.05) is 25.2 Å². The maximum absolute atomic E-state index is 12.6. The van der Waals surface area contributed by atoms with Gasteiger partial charge in [0.25, 0.3) is 0 Å². The number of carbonyl (C=O) groups excluding carboxylic acids is 1. The number of piperidine rings is 1. The summed E-state index contributed by atoms with van der Waals surface area (Å²) < 4.78 is 0. The zero-order valence-electron chi connectivity index (χ0n) is 16.1. The minimum Gasteiger partial charge on any atom is -0.480 e.